The highest BCUT2D eigenvalue weighted by atomic mass is 19.4. The summed E-state index contributed by atoms with van der Waals surface area (Å²) in [5.74, 6) is -3.34. The summed E-state index contributed by atoms with van der Waals surface area (Å²) in [5, 5.41) is 11.1. The van der Waals surface area contributed by atoms with Gasteiger partial charge in [0.05, 0.1) is 6.04 Å². The van der Waals surface area contributed by atoms with Gasteiger partial charge in [0.15, 0.2) is 0 Å². The molecule has 0 unspecified atom stereocenters. The first-order chi connectivity index (χ1) is 12.9. The standard InChI is InChI=1S/C16H21N3O2.C2HF3O2/c1-10(8-15(20)11(2)17)16(21)19-9-12-4-3-5-14-13(12)6-7-18-14;3-2(4,5)1(6)7/h3-7,10-11,18H,8-9,17H2,1-2H3,(H,19,21);(H,6,7)/t10-,11+;/m1./s1. The second kappa shape index (κ2) is 9.88. The van der Waals surface area contributed by atoms with Crippen molar-refractivity contribution in [2.45, 2.75) is 39.0 Å². The highest BCUT2D eigenvalue weighted by Crippen LogP contribution is 2.17. The number of aliphatic carboxylic acids is 1. The topological polar surface area (TPSA) is 125 Å². The third-order valence-electron chi connectivity index (χ3n) is 3.84. The number of benzene rings is 1. The van der Waals surface area contributed by atoms with Crippen LogP contribution in [0.4, 0.5) is 13.2 Å². The summed E-state index contributed by atoms with van der Waals surface area (Å²) >= 11 is 0. The number of carboxylic acids is 1. The van der Waals surface area contributed by atoms with E-state index in [4.69, 9.17) is 15.6 Å². The number of aromatic amines is 1. The second-order valence-corrected chi connectivity index (χ2v) is 6.24. The molecule has 2 aromatic rings. The number of Topliss-reactive ketones (excluding diaryl/α,β-unsaturated/α-hetero) is 1. The molecule has 2 rings (SSSR count). The average Bonchev–Trinajstić information content (AvgIpc) is 3.08. The van der Waals surface area contributed by atoms with Gasteiger partial charge in [0.1, 0.15) is 5.78 Å². The van der Waals surface area contributed by atoms with Crippen molar-refractivity contribution < 1.29 is 32.7 Å². The Hall–Kier alpha value is -2.88. The minimum Gasteiger partial charge on any atom is -0.475 e. The van der Waals surface area contributed by atoms with Crippen LogP contribution < -0.4 is 11.1 Å². The summed E-state index contributed by atoms with van der Waals surface area (Å²) in [6.07, 6.45) is -3.03. The minimum atomic E-state index is -5.08. The maximum atomic E-state index is 12.0. The number of hydrogen-bond acceptors (Lipinski definition) is 4. The lowest BCUT2D eigenvalue weighted by Gasteiger charge is -2.13. The first kappa shape index (κ1) is 23.2. The number of alkyl halides is 3. The molecule has 0 saturated carbocycles. The number of amides is 1. The molecule has 5 N–H and O–H groups in total. The van der Waals surface area contributed by atoms with Gasteiger partial charge >= 0.3 is 12.1 Å². The Labute approximate surface area is 159 Å². The number of H-pyrrole nitrogens is 1. The molecule has 0 aliphatic heterocycles. The Balaban J connectivity index is 0.000000480. The zero-order valence-corrected chi connectivity index (χ0v) is 15.3. The fourth-order valence-electron chi connectivity index (χ4n) is 2.24. The van der Waals surface area contributed by atoms with Crippen LogP contribution in [-0.2, 0) is 20.9 Å². The van der Waals surface area contributed by atoms with Gasteiger partial charge in [-0.2, -0.15) is 13.2 Å². The van der Waals surface area contributed by atoms with E-state index in [1.807, 2.05) is 30.5 Å². The molecular weight excluding hydrogens is 379 g/mol. The zero-order chi connectivity index (χ0) is 21.5. The predicted octanol–water partition coefficient (Wildman–Crippen LogP) is 2.36. The van der Waals surface area contributed by atoms with E-state index in [1.165, 1.54) is 0 Å². The monoisotopic (exact) mass is 401 g/mol. The first-order valence-electron chi connectivity index (χ1n) is 8.34. The number of nitrogens with two attached hydrogens (primary N) is 1. The lowest BCUT2D eigenvalue weighted by Crippen LogP contribution is -2.34. The Morgan fingerprint density at radius 2 is 1.82 bits per heavy atom. The van der Waals surface area contributed by atoms with E-state index in [0.717, 1.165) is 16.5 Å². The number of carbonyl (C=O) groups is 3. The predicted molar refractivity (Wildman–Crippen MR) is 96.3 cm³/mol. The Kier molecular flexibility index (Phi) is 8.17. The molecular formula is C18H22F3N3O4. The summed E-state index contributed by atoms with van der Waals surface area (Å²) in [7, 11) is 0. The number of nitrogens with one attached hydrogen (secondary N) is 2. The van der Waals surface area contributed by atoms with Crippen LogP contribution >= 0.6 is 0 Å². The molecule has 0 bridgehead atoms. The van der Waals surface area contributed by atoms with Gasteiger partial charge in [-0.3, -0.25) is 9.59 Å². The van der Waals surface area contributed by atoms with Crippen molar-refractivity contribution in [3.05, 3.63) is 36.0 Å². The molecule has 2 atom stereocenters. The van der Waals surface area contributed by atoms with Crippen molar-refractivity contribution in [2.75, 3.05) is 0 Å². The van der Waals surface area contributed by atoms with Gasteiger partial charge in [-0.25, -0.2) is 4.79 Å². The zero-order valence-electron chi connectivity index (χ0n) is 15.3. The van der Waals surface area contributed by atoms with E-state index in [2.05, 4.69) is 10.3 Å². The molecule has 154 valence electrons. The second-order valence-electron chi connectivity index (χ2n) is 6.24. The molecule has 0 radical (unpaired) electrons. The van der Waals surface area contributed by atoms with Gasteiger partial charge < -0.3 is 21.1 Å². The van der Waals surface area contributed by atoms with Crippen LogP contribution in [0, 0.1) is 5.92 Å². The van der Waals surface area contributed by atoms with Crippen molar-refractivity contribution in [1.82, 2.24) is 10.3 Å². The number of carboxylic acid groups (broad SMARTS) is 1. The fraction of sp³-hybridized carbons (Fsp3) is 0.389. The van der Waals surface area contributed by atoms with Crippen LogP contribution in [0.15, 0.2) is 30.5 Å². The van der Waals surface area contributed by atoms with E-state index >= 15 is 0 Å². The molecule has 0 aliphatic carbocycles. The maximum absolute atomic E-state index is 12.0. The highest BCUT2D eigenvalue weighted by molar-refractivity contribution is 5.89. The lowest BCUT2D eigenvalue weighted by molar-refractivity contribution is -0.192. The van der Waals surface area contributed by atoms with E-state index in [9.17, 15) is 22.8 Å². The average molecular weight is 401 g/mol. The third-order valence-corrected chi connectivity index (χ3v) is 3.84. The third kappa shape index (κ3) is 7.03. The summed E-state index contributed by atoms with van der Waals surface area (Å²) in [6, 6.07) is 7.39. The van der Waals surface area contributed by atoms with Crippen molar-refractivity contribution >= 4 is 28.6 Å². The molecule has 0 fully saturated rings. The molecule has 0 aliphatic rings. The van der Waals surface area contributed by atoms with E-state index in [0.29, 0.717) is 6.54 Å². The molecule has 1 aromatic heterocycles. The van der Waals surface area contributed by atoms with Gasteiger partial charge in [0, 0.05) is 36.0 Å². The van der Waals surface area contributed by atoms with Crippen LogP contribution in [0.1, 0.15) is 25.8 Å². The van der Waals surface area contributed by atoms with E-state index in [1.54, 1.807) is 13.8 Å². The Morgan fingerprint density at radius 3 is 2.36 bits per heavy atom. The van der Waals surface area contributed by atoms with Crippen LogP contribution in [0.5, 0.6) is 0 Å². The molecule has 1 aromatic carbocycles. The molecule has 0 spiro atoms. The van der Waals surface area contributed by atoms with Crippen molar-refractivity contribution in [1.29, 1.82) is 0 Å². The van der Waals surface area contributed by atoms with Crippen LogP contribution in [0.3, 0.4) is 0 Å². The number of rotatable bonds is 6. The normalized spacial score (nSPS) is 13.2. The number of fused-ring (bicyclic) bond motifs is 1. The first-order valence-corrected chi connectivity index (χ1v) is 8.34. The highest BCUT2D eigenvalue weighted by Gasteiger charge is 2.38. The maximum Gasteiger partial charge on any atom is 0.490 e. The summed E-state index contributed by atoms with van der Waals surface area (Å²) in [6.45, 7) is 3.83. The molecule has 1 amide bonds. The van der Waals surface area contributed by atoms with E-state index < -0.39 is 18.2 Å². The van der Waals surface area contributed by atoms with Gasteiger partial charge in [-0.15, -0.1) is 0 Å². The summed E-state index contributed by atoms with van der Waals surface area (Å²) in [5.41, 5.74) is 7.61. The molecule has 7 nitrogen and oxygen atoms in total. The Bertz CT molecular complexity index is 831. The van der Waals surface area contributed by atoms with Crippen LogP contribution in [0.25, 0.3) is 10.9 Å². The Morgan fingerprint density at radius 1 is 1.21 bits per heavy atom. The quantitative estimate of drug-likeness (QED) is 0.591. The van der Waals surface area contributed by atoms with E-state index in [-0.39, 0.29) is 24.0 Å². The van der Waals surface area contributed by atoms with Crippen molar-refractivity contribution in [3.8, 4) is 0 Å². The number of ketones is 1. The SMILES string of the molecule is C[C@H](N)C(=O)C[C@@H](C)C(=O)NCc1cccc2[nH]ccc12.O=C(O)C(F)(F)F. The van der Waals surface area contributed by atoms with Gasteiger partial charge in [-0.05, 0) is 24.6 Å². The lowest BCUT2D eigenvalue weighted by atomic mass is 10.0. The molecule has 10 heteroatoms. The minimum absolute atomic E-state index is 0.0922. The largest absolute Gasteiger partial charge is 0.490 e. The van der Waals surface area contributed by atoms with Gasteiger partial charge in [-0.1, -0.05) is 19.1 Å². The van der Waals surface area contributed by atoms with Gasteiger partial charge in [0.2, 0.25) is 5.91 Å². The molecule has 28 heavy (non-hydrogen) atoms. The van der Waals surface area contributed by atoms with Crippen LogP contribution in [-0.4, -0.2) is 40.0 Å². The number of carbonyl (C=O) groups excluding carboxylic acids is 2. The fourth-order valence-corrected chi connectivity index (χ4v) is 2.24. The summed E-state index contributed by atoms with van der Waals surface area (Å²) in [4.78, 5) is 35.6. The smallest absolute Gasteiger partial charge is 0.475 e. The molecule has 1 heterocycles. The van der Waals surface area contributed by atoms with Gasteiger partial charge in [0.25, 0.3) is 0 Å². The number of hydrogen-bond donors (Lipinski definition) is 4. The number of halogens is 3. The van der Waals surface area contributed by atoms with Crippen molar-refractivity contribution in [3.63, 3.8) is 0 Å². The molecule has 0 saturated heterocycles. The number of aromatic nitrogens is 1. The van der Waals surface area contributed by atoms with Crippen LogP contribution in [0.2, 0.25) is 0 Å². The van der Waals surface area contributed by atoms with Crippen molar-refractivity contribution in [2.24, 2.45) is 11.7 Å². The summed E-state index contributed by atoms with van der Waals surface area (Å²) < 4.78 is 31.7.